The van der Waals surface area contributed by atoms with Crippen LogP contribution in [-0.4, -0.2) is 10.2 Å². The van der Waals surface area contributed by atoms with Gasteiger partial charge in [-0.15, -0.1) is 10.2 Å². The highest BCUT2D eigenvalue weighted by atomic mass is 19.3. The summed E-state index contributed by atoms with van der Waals surface area (Å²) in [6.45, 7) is 2.17. The normalized spacial score (nSPS) is 12.0. The number of alkyl halides is 2. The van der Waals surface area contributed by atoms with Crippen LogP contribution in [0.3, 0.4) is 0 Å². The lowest BCUT2D eigenvalue weighted by Crippen LogP contribution is -2.06. The van der Waals surface area contributed by atoms with Gasteiger partial charge in [-0.05, 0) is 0 Å². The molecule has 0 spiro atoms. The SMILES string of the molecule is Cc1nnc(C(C)(F)F)o1. The molecule has 0 radical (unpaired) electrons. The first kappa shape index (κ1) is 7.11. The van der Waals surface area contributed by atoms with Crippen molar-refractivity contribution in [2.45, 2.75) is 19.8 Å². The third-order valence-corrected chi connectivity index (χ3v) is 0.902. The van der Waals surface area contributed by atoms with E-state index < -0.39 is 11.8 Å². The first-order valence-electron chi connectivity index (χ1n) is 2.68. The molecule has 0 bridgehead atoms. The fourth-order valence-electron chi connectivity index (χ4n) is 0.474. The van der Waals surface area contributed by atoms with E-state index in [2.05, 4.69) is 14.6 Å². The molecule has 0 aliphatic heterocycles. The van der Waals surface area contributed by atoms with Crippen molar-refractivity contribution in [1.82, 2.24) is 10.2 Å². The van der Waals surface area contributed by atoms with Crippen LogP contribution in [-0.2, 0) is 5.92 Å². The van der Waals surface area contributed by atoms with Crippen LogP contribution in [0.15, 0.2) is 4.42 Å². The quantitative estimate of drug-likeness (QED) is 0.605. The molecule has 0 saturated heterocycles. The Kier molecular flexibility index (Phi) is 1.42. The molecule has 0 aromatic carbocycles. The van der Waals surface area contributed by atoms with Crippen LogP contribution in [0, 0.1) is 6.92 Å². The molecule has 0 saturated carbocycles. The Morgan fingerprint density at radius 1 is 1.40 bits per heavy atom. The van der Waals surface area contributed by atoms with Crippen molar-refractivity contribution in [2.24, 2.45) is 0 Å². The van der Waals surface area contributed by atoms with Gasteiger partial charge >= 0.3 is 5.92 Å². The zero-order chi connectivity index (χ0) is 7.78. The highest BCUT2D eigenvalue weighted by molar-refractivity contribution is 4.86. The molecule has 56 valence electrons. The molecule has 0 fully saturated rings. The van der Waals surface area contributed by atoms with Crippen molar-refractivity contribution in [1.29, 1.82) is 0 Å². The van der Waals surface area contributed by atoms with Crippen LogP contribution in [0.1, 0.15) is 18.7 Å². The summed E-state index contributed by atoms with van der Waals surface area (Å²) in [5, 5.41) is 6.41. The Balaban J connectivity index is 2.96. The summed E-state index contributed by atoms with van der Waals surface area (Å²) in [6.07, 6.45) is 0. The van der Waals surface area contributed by atoms with Crippen LogP contribution < -0.4 is 0 Å². The summed E-state index contributed by atoms with van der Waals surface area (Å²) >= 11 is 0. The molecule has 3 nitrogen and oxygen atoms in total. The molecule has 10 heavy (non-hydrogen) atoms. The maximum Gasteiger partial charge on any atom is 0.321 e. The Morgan fingerprint density at radius 3 is 2.20 bits per heavy atom. The maximum absolute atomic E-state index is 12.3. The van der Waals surface area contributed by atoms with Gasteiger partial charge in [0, 0.05) is 13.8 Å². The number of aryl methyl sites for hydroxylation is 1. The number of nitrogens with zero attached hydrogens (tertiary/aromatic N) is 2. The lowest BCUT2D eigenvalue weighted by atomic mass is 10.4. The van der Waals surface area contributed by atoms with Crippen molar-refractivity contribution in [3.05, 3.63) is 11.8 Å². The van der Waals surface area contributed by atoms with Crippen LogP contribution in [0.2, 0.25) is 0 Å². The molecule has 0 atom stereocenters. The number of hydrogen-bond donors (Lipinski definition) is 0. The van der Waals surface area contributed by atoms with Crippen molar-refractivity contribution in [2.75, 3.05) is 0 Å². The van der Waals surface area contributed by atoms with Gasteiger partial charge in [-0.2, -0.15) is 8.78 Å². The van der Waals surface area contributed by atoms with Crippen molar-refractivity contribution in [3.63, 3.8) is 0 Å². The molecule has 0 unspecified atom stereocenters. The number of aromatic nitrogens is 2. The molecule has 0 N–H and O–H groups in total. The monoisotopic (exact) mass is 148 g/mol. The molecule has 1 rings (SSSR count). The molecule has 1 aromatic rings. The summed E-state index contributed by atoms with van der Waals surface area (Å²) < 4.78 is 29.0. The van der Waals surface area contributed by atoms with Crippen LogP contribution in [0.25, 0.3) is 0 Å². The fourth-order valence-corrected chi connectivity index (χ4v) is 0.474. The predicted octanol–water partition coefficient (Wildman–Crippen LogP) is 1.49. The second kappa shape index (κ2) is 2.00. The second-order valence-electron chi connectivity index (χ2n) is 2.01. The summed E-state index contributed by atoms with van der Waals surface area (Å²) in [7, 11) is 0. The van der Waals surface area contributed by atoms with Gasteiger partial charge in [-0.1, -0.05) is 0 Å². The molecule has 1 heterocycles. The molecular formula is C5H6F2N2O. The fraction of sp³-hybridized carbons (Fsp3) is 0.600. The Bertz CT molecular complexity index is 228. The van der Waals surface area contributed by atoms with Crippen LogP contribution in [0.5, 0.6) is 0 Å². The van der Waals surface area contributed by atoms with Gasteiger partial charge in [0.25, 0.3) is 5.89 Å². The molecule has 5 heteroatoms. The lowest BCUT2D eigenvalue weighted by Gasteiger charge is -2.00. The van der Waals surface area contributed by atoms with Crippen molar-refractivity contribution >= 4 is 0 Å². The highest BCUT2D eigenvalue weighted by Crippen LogP contribution is 2.24. The van der Waals surface area contributed by atoms with Gasteiger partial charge in [0.05, 0.1) is 0 Å². The Hall–Kier alpha value is -1.00. The first-order chi connectivity index (χ1) is 4.50. The summed E-state index contributed by atoms with van der Waals surface area (Å²) in [5.74, 6) is -3.51. The van der Waals surface area contributed by atoms with E-state index in [1.165, 1.54) is 6.92 Å². The number of hydrogen-bond acceptors (Lipinski definition) is 3. The van der Waals surface area contributed by atoms with E-state index in [0.29, 0.717) is 6.92 Å². The largest absolute Gasteiger partial charge is 0.420 e. The van der Waals surface area contributed by atoms with Gasteiger partial charge in [-0.3, -0.25) is 0 Å². The van der Waals surface area contributed by atoms with E-state index >= 15 is 0 Å². The van der Waals surface area contributed by atoms with Gasteiger partial charge in [0.1, 0.15) is 0 Å². The van der Waals surface area contributed by atoms with Gasteiger partial charge in [-0.25, -0.2) is 0 Å². The number of halogens is 2. The van der Waals surface area contributed by atoms with E-state index in [1.807, 2.05) is 0 Å². The van der Waals surface area contributed by atoms with E-state index in [-0.39, 0.29) is 5.89 Å². The molecular weight excluding hydrogens is 142 g/mol. The molecule has 0 amide bonds. The standard InChI is InChI=1S/C5H6F2N2O/c1-3-8-9-4(10-3)5(2,6)7/h1-2H3. The zero-order valence-electron chi connectivity index (χ0n) is 5.56. The minimum absolute atomic E-state index is 0.150. The topological polar surface area (TPSA) is 38.9 Å². The minimum Gasteiger partial charge on any atom is -0.420 e. The predicted molar refractivity (Wildman–Crippen MR) is 28.6 cm³/mol. The van der Waals surface area contributed by atoms with Crippen LogP contribution >= 0.6 is 0 Å². The number of rotatable bonds is 1. The Labute approximate surface area is 56.1 Å². The minimum atomic E-state index is -3.03. The molecule has 0 aliphatic carbocycles. The smallest absolute Gasteiger partial charge is 0.321 e. The van der Waals surface area contributed by atoms with Gasteiger partial charge < -0.3 is 4.42 Å². The lowest BCUT2D eigenvalue weighted by molar-refractivity contribution is -0.0116. The molecule has 0 aliphatic rings. The zero-order valence-corrected chi connectivity index (χ0v) is 5.56. The highest BCUT2D eigenvalue weighted by Gasteiger charge is 2.31. The first-order valence-corrected chi connectivity index (χ1v) is 2.68. The van der Waals surface area contributed by atoms with E-state index in [1.54, 1.807) is 0 Å². The average Bonchev–Trinajstić information content (AvgIpc) is 2.11. The van der Waals surface area contributed by atoms with E-state index in [0.717, 1.165) is 0 Å². The third kappa shape index (κ3) is 1.29. The third-order valence-electron chi connectivity index (χ3n) is 0.902. The van der Waals surface area contributed by atoms with Crippen LogP contribution in [0.4, 0.5) is 8.78 Å². The second-order valence-corrected chi connectivity index (χ2v) is 2.01. The van der Waals surface area contributed by atoms with Crippen molar-refractivity contribution < 1.29 is 13.2 Å². The van der Waals surface area contributed by atoms with Gasteiger partial charge in [0.2, 0.25) is 5.89 Å². The Morgan fingerprint density at radius 2 is 2.00 bits per heavy atom. The summed E-state index contributed by atoms with van der Waals surface area (Å²) in [6, 6.07) is 0. The van der Waals surface area contributed by atoms with Gasteiger partial charge in [0.15, 0.2) is 0 Å². The average molecular weight is 148 g/mol. The van der Waals surface area contributed by atoms with E-state index in [9.17, 15) is 8.78 Å². The van der Waals surface area contributed by atoms with Crippen molar-refractivity contribution in [3.8, 4) is 0 Å². The molecule has 1 aromatic heterocycles. The summed E-state index contributed by atoms with van der Waals surface area (Å²) in [5.41, 5.74) is 0. The van der Waals surface area contributed by atoms with E-state index in [4.69, 9.17) is 0 Å². The maximum atomic E-state index is 12.3. The summed E-state index contributed by atoms with van der Waals surface area (Å²) in [4.78, 5) is 0.